The molecule has 1 saturated carbocycles. The quantitative estimate of drug-likeness (QED) is 0.828. The minimum Gasteiger partial charge on any atom is -0.481 e. The van der Waals surface area contributed by atoms with E-state index in [-0.39, 0.29) is 12.5 Å². The summed E-state index contributed by atoms with van der Waals surface area (Å²) >= 11 is 6.06. The van der Waals surface area contributed by atoms with E-state index in [4.69, 9.17) is 16.7 Å². The minimum atomic E-state index is -0.730. The summed E-state index contributed by atoms with van der Waals surface area (Å²) in [7, 11) is 0. The molecule has 0 spiro atoms. The summed E-state index contributed by atoms with van der Waals surface area (Å²) < 4.78 is 0. The zero-order valence-electron chi connectivity index (χ0n) is 11.2. The number of carboxylic acid groups (broad SMARTS) is 1. The van der Waals surface area contributed by atoms with Gasteiger partial charge in [0.25, 0.3) is 0 Å². The molecule has 3 nitrogen and oxygen atoms in total. The second kappa shape index (κ2) is 6.40. The average molecular weight is 282 g/mol. The molecule has 1 unspecified atom stereocenters. The van der Waals surface area contributed by atoms with Gasteiger partial charge in [-0.05, 0) is 37.0 Å². The standard InChI is InChI=1S/C15H20ClNO2/c1-2-14(11-4-3-5-12(16)10-11)17(13-6-7-13)9-8-15(18)19/h3-5,10,13-14H,2,6-9H2,1H3,(H,18,19). The van der Waals surface area contributed by atoms with Gasteiger partial charge in [-0.25, -0.2) is 0 Å². The lowest BCUT2D eigenvalue weighted by Crippen LogP contribution is -2.32. The van der Waals surface area contributed by atoms with Crippen molar-refractivity contribution >= 4 is 17.6 Å². The van der Waals surface area contributed by atoms with Crippen LogP contribution in [0.2, 0.25) is 5.02 Å². The van der Waals surface area contributed by atoms with Crippen molar-refractivity contribution in [2.24, 2.45) is 0 Å². The molecular formula is C15H20ClNO2. The molecule has 2 rings (SSSR count). The Hall–Kier alpha value is -1.06. The third-order valence-electron chi connectivity index (χ3n) is 3.62. The molecule has 0 amide bonds. The summed E-state index contributed by atoms with van der Waals surface area (Å²) in [6, 6.07) is 8.72. The molecule has 1 aliphatic carbocycles. The first-order valence-electron chi connectivity index (χ1n) is 6.84. The van der Waals surface area contributed by atoms with Gasteiger partial charge in [0, 0.05) is 23.7 Å². The highest BCUT2D eigenvalue weighted by atomic mass is 35.5. The monoisotopic (exact) mass is 281 g/mol. The highest BCUT2D eigenvalue weighted by Crippen LogP contribution is 2.36. The number of aliphatic carboxylic acids is 1. The van der Waals surface area contributed by atoms with Gasteiger partial charge in [0.1, 0.15) is 0 Å². The fourth-order valence-electron chi connectivity index (χ4n) is 2.60. The van der Waals surface area contributed by atoms with Crippen molar-refractivity contribution in [3.05, 3.63) is 34.9 Å². The van der Waals surface area contributed by atoms with Crippen LogP contribution in [0.15, 0.2) is 24.3 Å². The van der Waals surface area contributed by atoms with Gasteiger partial charge in [0.05, 0.1) is 6.42 Å². The molecule has 0 bridgehead atoms. The van der Waals surface area contributed by atoms with Gasteiger partial charge in [0.2, 0.25) is 0 Å². The van der Waals surface area contributed by atoms with E-state index in [1.54, 1.807) is 0 Å². The van der Waals surface area contributed by atoms with Crippen LogP contribution in [0.5, 0.6) is 0 Å². The van der Waals surface area contributed by atoms with Crippen LogP contribution in [-0.2, 0) is 4.79 Å². The Bertz CT molecular complexity index is 446. The predicted octanol–water partition coefficient (Wildman–Crippen LogP) is 3.73. The van der Waals surface area contributed by atoms with E-state index in [2.05, 4.69) is 17.9 Å². The van der Waals surface area contributed by atoms with Gasteiger partial charge >= 0.3 is 5.97 Å². The van der Waals surface area contributed by atoms with Crippen molar-refractivity contribution in [2.45, 2.75) is 44.7 Å². The number of benzene rings is 1. The Labute approximate surface area is 119 Å². The van der Waals surface area contributed by atoms with Crippen LogP contribution >= 0.6 is 11.6 Å². The predicted molar refractivity (Wildman–Crippen MR) is 76.5 cm³/mol. The zero-order valence-corrected chi connectivity index (χ0v) is 11.9. The maximum atomic E-state index is 10.8. The maximum absolute atomic E-state index is 10.8. The number of carbonyl (C=O) groups is 1. The highest BCUT2D eigenvalue weighted by molar-refractivity contribution is 6.30. The van der Waals surface area contributed by atoms with Crippen molar-refractivity contribution in [3.8, 4) is 0 Å². The van der Waals surface area contributed by atoms with E-state index < -0.39 is 5.97 Å². The van der Waals surface area contributed by atoms with Crippen LogP contribution in [0, 0.1) is 0 Å². The minimum absolute atomic E-state index is 0.202. The Kier molecular flexibility index (Phi) is 4.83. The first-order valence-corrected chi connectivity index (χ1v) is 7.22. The molecule has 0 radical (unpaired) electrons. The van der Waals surface area contributed by atoms with E-state index in [1.165, 1.54) is 18.4 Å². The molecule has 1 N–H and O–H groups in total. The number of halogens is 1. The van der Waals surface area contributed by atoms with Gasteiger partial charge in [-0.1, -0.05) is 30.7 Å². The Morgan fingerprint density at radius 3 is 2.79 bits per heavy atom. The molecule has 1 aliphatic rings. The molecule has 104 valence electrons. The van der Waals surface area contributed by atoms with Gasteiger partial charge in [-0.2, -0.15) is 0 Å². The summed E-state index contributed by atoms with van der Waals surface area (Å²) in [6.07, 6.45) is 3.53. The van der Waals surface area contributed by atoms with E-state index in [1.807, 2.05) is 18.2 Å². The molecule has 1 atom stereocenters. The van der Waals surface area contributed by atoms with E-state index >= 15 is 0 Å². The first-order chi connectivity index (χ1) is 9.11. The Morgan fingerprint density at radius 2 is 2.26 bits per heavy atom. The van der Waals surface area contributed by atoms with Crippen molar-refractivity contribution in [1.82, 2.24) is 4.90 Å². The van der Waals surface area contributed by atoms with E-state index in [0.29, 0.717) is 12.6 Å². The highest BCUT2D eigenvalue weighted by Gasteiger charge is 2.33. The molecule has 1 aromatic rings. The molecule has 4 heteroatoms. The van der Waals surface area contributed by atoms with E-state index in [9.17, 15) is 4.79 Å². The van der Waals surface area contributed by atoms with Gasteiger partial charge in [0.15, 0.2) is 0 Å². The SMILES string of the molecule is CCC(c1cccc(Cl)c1)N(CCC(=O)O)C1CC1. The largest absolute Gasteiger partial charge is 0.481 e. The first kappa shape index (κ1) is 14.4. The number of carboxylic acids is 1. The molecule has 0 saturated heterocycles. The van der Waals surface area contributed by atoms with Crippen molar-refractivity contribution in [2.75, 3.05) is 6.54 Å². The third kappa shape index (κ3) is 3.95. The normalized spacial score (nSPS) is 16.6. The van der Waals surface area contributed by atoms with Gasteiger partial charge in [-0.15, -0.1) is 0 Å². The lowest BCUT2D eigenvalue weighted by atomic mass is 10.0. The number of nitrogens with zero attached hydrogens (tertiary/aromatic N) is 1. The summed E-state index contributed by atoms with van der Waals surface area (Å²) in [5.41, 5.74) is 1.19. The fourth-order valence-corrected chi connectivity index (χ4v) is 2.80. The second-order valence-corrected chi connectivity index (χ2v) is 5.53. The lowest BCUT2D eigenvalue weighted by Gasteiger charge is -2.31. The summed E-state index contributed by atoms with van der Waals surface area (Å²) in [6.45, 7) is 2.76. The number of hydrogen-bond donors (Lipinski definition) is 1. The lowest BCUT2D eigenvalue weighted by molar-refractivity contribution is -0.137. The third-order valence-corrected chi connectivity index (χ3v) is 3.86. The molecular weight excluding hydrogens is 262 g/mol. The number of rotatable bonds is 7. The summed E-state index contributed by atoms with van der Waals surface area (Å²) in [4.78, 5) is 13.1. The van der Waals surface area contributed by atoms with Gasteiger partial charge < -0.3 is 5.11 Å². The van der Waals surface area contributed by atoms with Crippen molar-refractivity contribution in [1.29, 1.82) is 0 Å². The van der Waals surface area contributed by atoms with Crippen molar-refractivity contribution in [3.63, 3.8) is 0 Å². The maximum Gasteiger partial charge on any atom is 0.304 e. The molecule has 1 fully saturated rings. The van der Waals surface area contributed by atoms with Crippen LogP contribution in [-0.4, -0.2) is 28.6 Å². The molecule has 0 heterocycles. The Balaban J connectivity index is 2.14. The molecule has 0 aromatic heterocycles. The average Bonchev–Trinajstić information content (AvgIpc) is 3.18. The van der Waals surface area contributed by atoms with Crippen LogP contribution in [0.25, 0.3) is 0 Å². The summed E-state index contributed by atoms with van der Waals surface area (Å²) in [5, 5.41) is 9.63. The van der Waals surface area contributed by atoms with Crippen LogP contribution in [0.3, 0.4) is 0 Å². The molecule has 0 aliphatic heterocycles. The van der Waals surface area contributed by atoms with Crippen LogP contribution in [0.4, 0.5) is 0 Å². The molecule has 1 aromatic carbocycles. The van der Waals surface area contributed by atoms with E-state index in [0.717, 1.165) is 11.4 Å². The second-order valence-electron chi connectivity index (χ2n) is 5.09. The van der Waals surface area contributed by atoms with Crippen LogP contribution in [0.1, 0.15) is 44.2 Å². The smallest absolute Gasteiger partial charge is 0.304 e. The van der Waals surface area contributed by atoms with Gasteiger partial charge in [-0.3, -0.25) is 9.69 Å². The van der Waals surface area contributed by atoms with Crippen molar-refractivity contribution < 1.29 is 9.90 Å². The topological polar surface area (TPSA) is 40.5 Å². The zero-order chi connectivity index (χ0) is 13.8. The number of hydrogen-bond acceptors (Lipinski definition) is 2. The van der Waals surface area contributed by atoms with Crippen LogP contribution < -0.4 is 0 Å². The molecule has 19 heavy (non-hydrogen) atoms. The Morgan fingerprint density at radius 1 is 1.53 bits per heavy atom. The fraction of sp³-hybridized carbons (Fsp3) is 0.533. The summed E-state index contributed by atoms with van der Waals surface area (Å²) in [5.74, 6) is -0.730.